The summed E-state index contributed by atoms with van der Waals surface area (Å²) in [5.74, 6) is 4.97. The van der Waals surface area contributed by atoms with E-state index in [4.69, 9.17) is 5.84 Å². The molecule has 0 bridgehead atoms. The van der Waals surface area contributed by atoms with Crippen LogP contribution in [0.3, 0.4) is 0 Å². The standard InChI is InChI=1S/C4H10N4/c1-4(3-7-5)8-6-2/h7H,2-3,5H2,1H3/b8-4-. The summed E-state index contributed by atoms with van der Waals surface area (Å²) in [7, 11) is 0. The summed E-state index contributed by atoms with van der Waals surface area (Å²) < 4.78 is 0. The zero-order chi connectivity index (χ0) is 6.41. The Morgan fingerprint density at radius 3 is 2.88 bits per heavy atom. The summed E-state index contributed by atoms with van der Waals surface area (Å²) in [6.45, 7) is 5.55. The quantitative estimate of drug-likeness (QED) is 0.296. The Morgan fingerprint density at radius 2 is 2.50 bits per heavy atom. The number of hydrogen-bond donors (Lipinski definition) is 2. The highest BCUT2D eigenvalue weighted by molar-refractivity contribution is 5.83. The van der Waals surface area contributed by atoms with Crippen molar-refractivity contribution in [2.75, 3.05) is 6.54 Å². The first kappa shape index (κ1) is 7.26. The van der Waals surface area contributed by atoms with Gasteiger partial charge in [-0.05, 0) is 6.92 Å². The third kappa shape index (κ3) is 3.45. The minimum absolute atomic E-state index is 0.555. The van der Waals surface area contributed by atoms with Crippen molar-refractivity contribution in [2.24, 2.45) is 16.0 Å². The first-order valence-corrected chi connectivity index (χ1v) is 2.24. The van der Waals surface area contributed by atoms with Gasteiger partial charge in [-0.25, -0.2) is 0 Å². The van der Waals surface area contributed by atoms with Crippen molar-refractivity contribution in [3.05, 3.63) is 0 Å². The smallest absolute Gasteiger partial charge is 0.0526 e. The van der Waals surface area contributed by atoms with Crippen molar-refractivity contribution in [2.45, 2.75) is 6.92 Å². The van der Waals surface area contributed by atoms with Gasteiger partial charge in [0, 0.05) is 13.3 Å². The van der Waals surface area contributed by atoms with Crippen LogP contribution in [0.25, 0.3) is 0 Å². The Bertz CT molecular complexity index is 96.2. The molecule has 0 aromatic heterocycles. The third-order valence-electron chi connectivity index (χ3n) is 0.599. The average Bonchev–Trinajstić information content (AvgIpc) is 1.68. The van der Waals surface area contributed by atoms with E-state index in [0.717, 1.165) is 5.71 Å². The van der Waals surface area contributed by atoms with Crippen LogP contribution in [0.15, 0.2) is 10.2 Å². The molecule has 0 heterocycles. The second-order valence-electron chi connectivity index (χ2n) is 1.36. The first-order chi connectivity index (χ1) is 3.81. The van der Waals surface area contributed by atoms with Crippen LogP contribution in [0.5, 0.6) is 0 Å². The number of hydrogen-bond acceptors (Lipinski definition) is 4. The number of hydrazine groups is 1. The first-order valence-electron chi connectivity index (χ1n) is 2.24. The topological polar surface area (TPSA) is 62.8 Å². The van der Waals surface area contributed by atoms with Gasteiger partial charge in [0.1, 0.15) is 0 Å². The molecule has 0 aromatic rings. The maximum atomic E-state index is 4.97. The lowest BCUT2D eigenvalue weighted by atomic mass is 10.4. The minimum Gasteiger partial charge on any atom is -0.271 e. The predicted molar refractivity (Wildman–Crippen MR) is 34.8 cm³/mol. The van der Waals surface area contributed by atoms with Crippen molar-refractivity contribution in [1.82, 2.24) is 5.43 Å². The molecule has 0 aliphatic rings. The van der Waals surface area contributed by atoms with Gasteiger partial charge in [0.05, 0.1) is 5.71 Å². The van der Waals surface area contributed by atoms with Crippen LogP contribution >= 0.6 is 0 Å². The molecule has 0 atom stereocenters. The summed E-state index contributed by atoms with van der Waals surface area (Å²) >= 11 is 0. The average molecular weight is 114 g/mol. The van der Waals surface area contributed by atoms with Gasteiger partial charge in [0.2, 0.25) is 0 Å². The van der Waals surface area contributed by atoms with E-state index in [1.54, 1.807) is 0 Å². The van der Waals surface area contributed by atoms with Crippen molar-refractivity contribution < 1.29 is 0 Å². The molecule has 0 aliphatic heterocycles. The van der Waals surface area contributed by atoms with Gasteiger partial charge in [-0.3, -0.25) is 11.3 Å². The number of nitrogens with one attached hydrogen (secondary N) is 1. The van der Waals surface area contributed by atoms with E-state index < -0.39 is 0 Å². The third-order valence-corrected chi connectivity index (χ3v) is 0.599. The lowest BCUT2D eigenvalue weighted by Crippen LogP contribution is -2.27. The normalized spacial score (nSPS) is 11.5. The van der Waals surface area contributed by atoms with Crippen molar-refractivity contribution >= 4 is 12.4 Å². The molecule has 4 nitrogen and oxygen atoms in total. The number of nitrogens with two attached hydrogens (primary N) is 1. The van der Waals surface area contributed by atoms with E-state index in [2.05, 4.69) is 22.3 Å². The van der Waals surface area contributed by atoms with Gasteiger partial charge in [0.15, 0.2) is 0 Å². The van der Waals surface area contributed by atoms with E-state index in [9.17, 15) is 0 Å². The molecule has 0 unspecified atom stereocenters. The maximum Gasteiger partial charge on any atom is 0.0526 e. The van der Waals surface area contributed by atoms with Gasteiger partial charge in [-0.1, -0.05) is 0 Å². The van der Waals surface area contributed by atoms with Crippen LogP contribution in [0, 0.1) is 0 Å². The minimum atomic E-state index is 0.555. The van der Waals surface area contributed by atoms with Crippen LogP contribution in [-0.2, 0) is 0 Å². The maximum absolute atomic E-state index is 4.97. The number of nitrogens with zero attached hydrogens (tertiary/aromatic N) is 2. The fraction of sp³-hybridized carbons (Fsp3) is 0.500. The van der Waals surface area contributed by atoms with E-state index in [-0.39, 0.29) is 0 Å². The summed E-state index contributed by atoms with van der Waals surface area (Å²) in [5.41, 5.74) is 3.26. The molecule has 0 radical (unpaired) electrons. The van der Waals surface area contributed by atoms with E-state index in [0.29, 0.717) is 6.54 Å². The van der Waals surface area contributed by atoms with Gasteiger partial charge >= 0.3 is 0 Å². The molecular formula is C4H10N4. The Hall–Kier alpha value is -0.740. The van der Waals surface area contributed by atoms with Crippen molar-refractivity contribution in [1.29, 1.82) is 0 Å². The largest absolute Gasteiger partial charge is 0.271 e. The Kier molecular flexibility index (Phi) is 4.01. The molecule has 0 saturated heterocycles. The Balaban J connectivity index is 3.44. The van der Waals surface area contributed by atoms with Gasteiger partial charge < -0.3 is 0 Å². The van der Waals surface area contributed by atoms with Crippen LogP contribution < -0.4 is 11.3 Å². The molecule has 0 aliphatic carbocycles. The number of rotatable bonds is 3. The van der Waals surface area contributed by atoms with Gasteiger partial charge in [0.25, 0.3) is 0 Å². The fourth-order valence-electron chi connectivity index (χ4n) is 0.304. The van der Waals surface area contributed by atoms with Crippen LogP contribution in [0.1, 0.15) is 6.92 Å². The van der Waals surface area contributed by atoms with Crippen molar-refractivity contribution in [3.8, 4) is 0 Å². The predicted octanol–water partition coefficient (Wildman–Crippen LogP) is -0.474. The second-order valence-corrected chi connectivity index (χ2v) is 1.36. The lowest BCUT2D eigenvalue weighted by molar-refractivity contribution is 0.839. The van der Waals surface area contributed by atoms with Gasteiger partial charge in [-0.2, -0.15) is 10.2 Å². The molecule has 4 heteroatoms. The second kappa shape index (κ2) is 4.42. The SMILES string of the molecule is C=N/N=C(/C)CNN. The molecule has 3 N–H and O–H groups in total. The zero-order valence-corrected chi connectivity index (χ0v) is 4.89. The van der Waals surface area contributed by atoms with E-state index in [1.165, 1.54) is 0 Å². The van der Waals surface area contributed by atoms with E-state index in [1.807, 2.05) is 6.92 Å². The molecule has 8 heavy (non-hydrogen) atoms. The molecule has 0 fully saturated rings. The molecular weight excluding hydrogens is 104 g/mol. The van der Waals surface area contributed by atoms with Crippen LogP contribution in [0.2, 0.25) is 0 Å². The highest BCUT2D eigenvalue weighted by Crippen LogP contribution is 1.72. The summed E-state index contributed by atoms with van der Waals surface area (Å²) in [4.78, 5) is 0. The van der Waals surface area contributed by atoms with E-state index >= 15 is 0 Å². The molecule has 46 valence electrons. The Morgan fingerprint density at radius 1 is 1.88 bits per heavy atom. The molecule has 0 saturated carbocycles. The summed E-state index contributed by atoms with van der Waals surface area (Å²) in [5, 5.41) is 6.90. The highest BCUT2D eigenvalue weighted by atomic mass is 15.2. The Labute approximate surface area is 48.5 Å². The molecule has 0 spiro atoms. The monoisotopic (exact) mass is 114 g/mol. The fourth-order valence-corrected chi connectivity index (χ4v) is 0.304. The highest BCUT2D eigenvalue weighted by Gasteiger charge is 1.83. The lowest BCUT2D eigenvalue weighted by Gasteiger charge is -1.92. The summed E-state index contributed by atoms with van der Waals surface area (Å²) in [6, 6.07) is 0. The summed E-state index contributed by atoms with van der Waals surface area (Å²) in [6.07, 6.45) is 0. The molecule has 0 amide bonds. The molecule has 0 aromatic carbocycles. The van der Waals surface area contributed by atoms with Crippen LogP contribution in [-0.4, -0.2) is 19.0 Å². The molecule has 0 rings (SSSR count). The van der Waals surface area contributed by atoms with Crippen molar-refractivity contribution in [3.63, 3.8) is 0 Å². The van der Waals surface area contributed by atoms with Gasteiger partial charge in [-0.15, -0.1) is 0 Å². The van der Waals surface area contributed by atoms with Crippen LogP contribution in [0.4, 0.5) is 0 Å². The zero-order valence-electron chi connectivity index (χ0n) is 4.89.